The van der Waals surface area contributed by atoms with Crippen LogP contribution >= 0.6 is 11.8 Å². The summed E-state index contributed by atoms with van der Waals surface area (Å²) < 4.78 is 3.53. The quantitative estimate of drug-likeness (QED) is 0.598. The van der Waals surface area contributed by atoms with Gasteiger partial charge in [0, 0.05) is 23.2 Å². The number of aromatic nitrogens is 3. The summed E-state index contributed by atoms with van der Waals surface area (Å²) in [6.45, 7) is 8.46. The molecule has 0 aliphatic rings. The van der Waals surface area contributed by atoms with Crippen molar-refractivity contribution >= 4 is 17.3 Å². The second-order valence-corrected chi connectivity index (χ2v) is 7.94. The molecule has 2 aromatic heterocycles. The van der Waals surface area contributed by atoms with Crippen LogP contribution in [0.3, 0.4) is 0 Å². The van der Waals surface area contributed by atoms with Crippen molar-refractivity contribution in [3.8, 4) is 11.4 Å². The van der Waals surface area contributed by atoms with E-state index < -0.39 is 0 Å². The van der Waals surface area contributed by atoms with Crippen molar-refractivity contribution in [3.63, 3.8) is 0 Å². The molecule has 138 valence electrons. The van der Waals surface area contributed by atoms with E-state index in [4.69, 9.17) is 5.10 Å². The number of thioether (sulfide) groups is 1. The standard InChI is InChI=1S/C21H27N3OS/c1-7-8-13(2)18-12-15(4)24-19(18)21(25)23(5)20(22-24)17-10-9-16(26-6)11-14(17)3/h9-13H,7-8H2,1-6H3. The van der Waals surface area contributed by atoms with Crippen LogP contribution < -0.4 is 5.56 Å². The number of benzene rings is 1. The van der Waals surface area contributed by atoms with Gasteiger partial charge in [-0.3, -0.25) is 9.36 Å². The Morgan fingerprint density at radius 2 is 1.96 bits per heavy atom. The Kier molecular flexibility index (Phi) is 5.28. The van der Waals surface area contributed by atoms with Crippen LogP contribution in [0.5, 0.6) is 0 Å². The van der Waals surface area contributed by atoms with Crippen molar-refractivity contribution in [1.29, 1.82) is 0 Å². The molecule has 0 bridgehead atoms. The molecule has 3 rings (SSSR count). The highest BCUT2D eigenvalue weighted by Gasteiger charge is 2.20. The normalized spacial score (nSPS) is 12.7. The van der Waals surface area contributed by atoms with E-state index in [2.05, 4.69) is 51.3 Å². The molecule has 3 aromatic rings. The molecule has 0 aliphatic carbocycles. The van der Waals surface area contributed by atoms with Gasteiger partial charge in [0.25, 0.3) is 5.56 Å². The van der Waals surface area contributed by atoms with E-state index in [1.807, 2.05) is 18.5 Å². The van der Waals surface area contributed by atoms with Crippen LogP contribution in [0.4, 0.5) is 0 Å². The van der Waals surface area contributed by atoms with Crippen LogP contribution in [-0.4, -0.2) is 20.4 Å². The summed E-state index contributed by atoms with van der Waals surface area (Å²) in [5.41, 5.74) is 4.99. The third-order valence-corrected chi connectivity index (χ3v) is 5.86. The molecule has 0 amide bonds. The zero-order valence-corrected chi connectivity index (χ0v) is 17.3. The van der Waals surface area contributed by atoms with Gasteiger partial charge < -0.3 is 0 Å². The molecule has 0 radical (unpaired) electrons. The van der Waals surface area contributed by atoms with Gasteiger partial charge >= 0.3 is 0 Å². The van der Waals surface area contributed by atoms with Gasteiger partial charge in [-0.2, -0.15) is 0 Å². The molecular weight excluding hydrogens is 342 g/mol. The molecular formula is C21H27N3OS. The summed E-state index contributed by atoms with van der Waals surface area (Å²) in [7, 11) is 1.82. The molecule has 1 unspecified atom stereocenters. The number of fused-ring (bicyclic) bond motifs is 1. The topological polar surface area (TPSA) is 39.3 Å². The number of aryl methyl sites for hydroxylation is 2. The van der Waals surface area contributed by atoms with Crippen molar-refractivity contribution in [2.75, 3.05) is 6.26 Å². The number of hydrogen-bond donors (Lipinski definition) is 0. The SMILES string of the molecule is CCCC(C)c1cc(C)n2nc(-c3ccc(SC)cc3C)n(C)c(=O)c12. The average molecular weight is 370 g/mol. The van der Waals surface area contributed by atoms with Crippen LogP contribution in [0, 0.1) is 13.8 Å². The fraction of sp³-hybridized carbons (Fsp3) is 0.429. The van der Waals surface area contributed by atoms with Crippen molar-refractivity contribution in [2.45, 2.75) is 51.3 Å². The summed E-state index contributed by atoms with van der Waals surface area (Å²) >= 11 is 1.72. The molecule has 0 fully saturated rings. The van der Waals surface area contributed by atoms with Gasteiger partial charge in [-0.1, -0.05) is 20.3 Å². The van der Waals surface area contributed by atoms with Crippen molar-refractivity contribution in [3.05, 3.63) is 51.4 Å². The predicted molar refractivity (Wildman–Crippen MR) is 110 cm³/mol. The number of nitrogens with zero attached hydrogens (tertiary/aromatic N) is 3. The van der Waals surface area contributed by atoms with E-state index in [1.54, 1.807) is 16.3 Å². The maximum absolute atomic E-state index is 13.2. The van der Waals surface area contributed by atoms with Gasteiger partial charge in [-0.25, -0.2) is 4.52 Å². The van der Waals surface area contributed by atoms with E-state index in [-0.39, 0.29) is 5.56 Å². The minimum absolute atomic E-state index is 0.0226. The van der Waals surface area contributed by atoms with Gasteiger partial charge in [0.2, 0.25) is 0 Å². The second-order valence-electron chi connectivity index (χ2n) is 7.06. The Morgan fingerprint density at radius 1 is 1.23 bits per heavy atom. The average Bonchev–Trinajstić information content (AvgIpc) is 2.95. The van der Waals surface area contributed by atoms with Gasteiger partial charge in [0.1, 0.15) is 5.52 Å². The molecule has 4 nitrogen and oxygen atoms in total. The molecule has 1 aromatic carbocycles. The maximum atomic E-state index is 13.2. The lowest BCUT2D eigenvalue weighted by atomic mass is 9.97. The molecule has 0 N–H and O–H groups in total. The highest BCUT2D eigenvalue weighted by Crippen LogP contribution is 2.28. The molecule has 2 heterocycles. The lowest BCUT2D eigenvalue weighted by Crippen LogP contribution is -2.24. The van der Waals surface area contributed by atoms with Crippen molar-refractivity contribution in [1.82, 2.24) is 14.2 Å². The summed E-state index contributed by atoms with van der Waals surface area (Å²) in [6, 6.07) is 8.42. The minimum atomic E-state index is 0.0226. The lowest BCUT2D eigenvalue weighted by molar-refractivity contribution is 0.666. The zero-order valence-electron chi connectivity index (χ0n) is 16.5. The Hall–Kier alpha value is -2.01. The number of rotatable bonds is 5. The Bertz CT molecular complexity index is 1020. The Balaban J connectivity index is 2.26. The highest BCUT2D eigenvalue weighted by molar-refractivity contribution is 7.98. The Labute approximate surface area is 159 Å². The van der Waals surface area contributed by atoms with E-state index >= 15 is 0 Å². The van der Waals surface area contributed by atoms with Crippen molar-refractivity contribution < 1.29 is 0 Å². The third-order valence-electron chi connectivity index (χ3n) is 5.13. The van der Waals surface area contributed by atoms with Crippen LogP contribution in [0.15, 0.2) is 34.0 Å². The summed E-state index contributed by atoms with van der Waals surface area (Å²) in [5.74, 6) is 1.06. The van der Waals surface area contributed by atoms with Gasteiger partial charge in [-0.15, -0.1) is 16.9 Å². The molecule has 0 saturated heterocycles. The summed E-state index contributed by atoms with van der Waals surface area (Å²) in [5, 5.41) is 4.86. The number of hydrogen-bond acceptors (Lipinski definition) is 3. The maximum Gasteiger partial charge on any atom is 0.278 e. The largest absolute Gasteiger partial charge is 0.293 e. The predicted octanol–water partition coefficient (Wildman–Crippen LogP) is 4.94. The first-order valence-electron chi connectivity index (χ1n) is 9.13. The smallest absolute Gasteiger partial charge is 0.278 e. The van der Waals surface area contributed by atoms with E-state index in [0.29, 0.717) is 17.3 Å². The fourth-order valence-electron chi connectivity index (χ4n) is 3.63. The van der Waals surface area contributed by atoms with E-state index in [0.717, 1.165) is 35.2 Å². The summed E-state index contributed by atoms with van der Waals surface area (Å²) in [4.78, 5) is 14.4. The Morgan fingerprint density at radius 3 is 2.58 bits per heavy atom. The first-order valence-corrected chi connectivity index (χ1v) is 10.4. The van der Waals surface area contributed by atoms with Gasteiger partial charge in [0.15, 0.2) is 5.82 Å². The lowest BCUT2D eigenvalue weighted by Gasteiger charge is -2.14. The fourth-order valence-corrected chi connectivity index (χ4v) is 4.12. The van der Waals surface area contributed by atoms with Gasteiger partial charge in [-0.05, 0) is 67.8 Å². The van der Waals surface area contributed by atoms with E-state index in [9.17, 15) is 4.79 Å². The van der Waals surface area contributed by atoms with Gasteiger partial charge in [0.05, 0.1) is 0 Å². The molecule has 0 spiro atoms. The zero-order chi connectivity index (χ0) is 19.0. The molecule has 5 heteroatoms. The highest BCUT2D eigenvalue weighted by atomic mass is 32.2. The van der Waals surface area contributed by atoms with Crippen LogP contribution in [0.1, 0.15) is 49.4 Å². The van der Waals surface area contributed by atoms with Crippen LogP contribution in [0.2, 0.25) is 0 Å². The molecule has 0 saturated carbocycles. The summed E-state index contributed by atoms with van der Waals surface area (Å²) in [6.07, 6.45) is 4.24. The van der Waals surface area contributed by atoms with Crippen LogP contribution in [0.25, 0.3) is 16.9 Å². The second kappa shape index (κ2) is 7.31. The van der Waals surface area contributed by atoms with Crippen LogP contribution in [-0.2, 0) is 7.05 Å². The monoisotopic (exact) mass is 369 g/mol. The van der Waals surface area contributed by atoms with Crippen molar-refractivity contribution in [2.24, 2.45) is 7.05 Å². The first-order chi connectivity index (χ1) is 12.4. The first kappa shape index (κ1) is 18.8. The molecule has 26 heavy (non-hydrogen) atoms. The third kappa shape index (κ3) is 3.09. The minimum Gasteiger partial charge on any atom is -0.293 e. The molecule has 0 aliphatic heterocycles. The van der Waals surface area contributed by atoms with E-state index in [1.165, 1.54) is 4.90 Å². The molecule has 1 atom stereocenters.